The van der Waals surface area contributed by atoms with Gasteiger partial charge in [0.05, 0.1) is 0 Å². The number of rotatable bonds is 6. The molecule has 4 rings (SSSR count). The number of carbonyl (C=O) groups is 2. The van der Waals surface area contributed by atoms with Crippen LogP contribution in [0, 0.1) is 5.92 Å². The number of Topliss-reactive ketones (excluding diaryl/α,β-unsaturated/α-hetero) is 1. The highest BCUT2D eigenvalue weighted by Gasteiger charge is 2.25. The maximum Gasteiger partial charge on any atom is 0.253 e. The number of amides is 1. The fourth-order valence-corrected chi connectivity index (χ4v) is 3.82. The Morgan fingerprint density at radius 2 is 1.30 bits per heavy atom. The van der Waals surface area contributed by atoms with Gasteiger partial charge in [-0.3, -0.25) is 9.59 Å². The molecule has 1 heterocycles. The number of nitrogens with zero attached hydrogens (tertiary/aromatic N) is 1. The highest BCUT2D eigenvalue weighted by atomic mass is 16.5. The third kappa shape index (κ3) is 4.95. The van der Waals surface area contributed by atoms with E-state index in [2.05, 4.69) is 0 Å². The van der Waals surface area contributed by atoms with Crippen molar-refractivity contribution in [2.45, 2.75) is 19.3 Å². The van der Waals surface area contributed by atoms with Gasteiger partial charge < -0.3 is 9.64 Å². The van der Waals surface area contributed by atoms with Gasteiger partial charge >= 0.3 is 0 Å². The van der Waals surface area contributed by atoms with E-state index in [0.717, 1.165) is 24.2 Å². The number of para-hydroxylation sites is 1. The second-order valence-corrected chi connectivity index (χ2v) is 7.67. The van der Waals surface area contributed by atoms with Crippen LogP contribution in [0.15, 0.2) is 84.9 Å². The van der Waals surface area contributed by atoms with Crippen LogP contribution in [0.5, 0.6) is 11.5 Å². The number of ether oxygens (including phenoxy) is 1. The molecule has 1 aliphatic heterocycles. The van der Waals surface area contributed by atoms with Gasteiger partial charge in [0.25, 0.3) is 5.91 Å². The molecule has 3 aromatic carbocycles. The van der Waals surface area contributed by atoms with Crippen molar-refractivity contribution in [2.75, 3.05) is 13.1 Å². The van der Waals surface area contributed by atoms with E-state index in [-0.39, 0.29) is 11.7 Å². The van der Waals surface area contributed by atoms with Crippen LogP contribution in [0.4, 0.5) is 0 Å². The van der Waals surface area contributed by atoms with Crippen molar-refractivity contribution in [1.82, 2.24) is 4.90 Å². The van der Waals surface area contributed by atoms with Gasteiger partial charge in [-0.2, -0.15) is 0 Å². The molecule has 0 unspecified atom stereocenters. The minimum absolute atomic E-state index is 0.0781. The van der Waals surface area contributed by atoms with E-state index in [1.54, 1.807) is 0 Å². The summed E-state index contributed by atoms with van der Waals surface area (Å²) < 4.78 is 5.78. The molecule has 0 saturated carbocycles. The number of likely N-dealkylation sites (tertiary alicyclic amines) is 1. The number of hydrogen-bond acceptors (Lipinski definition) is 3. The predicted molar refractivity (Wildman–Crippen MR) is 117 cm³/mol. The Balaban J connectivity index is 1.28. The Morgan fingerprint density at radius 1 is 0.733 bits per heavy atom. The summed E-state index contributed by atoms with van der Waals surface area (Å²) in [6.07, 6.45) is 2.24. The van der Waals surface area contributed by atoms with Gasteiger partial charge in [-0.05, 0) is 67.3 Å². The summed E-state index contributed by atoms with van der Waals surface area (Å²) in [6, 6.07) is 26.3. The van der Waals surface area contributed by atoms with Gasteiger partial charge in [-0.1, -0.05) is 36.4 Å². The second-order valence-electron chi connectivity index (χ2n) is 7.67. The fraction of sp³-hybridized carbons (Fsp3) is 0.231. The zero-order valence-electron chi connectivity index (χ0n) is 16.9. The van der Waals surface area contributed by atoms with Crippen molar-refractivity contribution in [3.05, 3.63) is 96.1 Å². The average Bonchev–Trinajstić information content (AvgIpc) is 2.81. The SMILES string of the molecule is O=C(CC1CCN(C(=O)c2ccccc2)CC1)c1ccc(Oc2ccccc2)cc1. The van der Waals surface area contributed by atoms with Crippen LogP contribution < -0.4 is 4.74 Å². The third-order valence-corrected chi connectivity index (χ3v) is 5.55. The van der Waals surface area contributed by atoms with Gasteiger partial charge in [0.2, 0.25) is 0 Å². The minimum Gasteiger partial charge on any atom is -0.457 e. The molecule has 1 amide bonds. The van der Waals surface area contributed by atoms with Gasteiger partial charge in [0, 0.05) is 30.6 Å². The molecule has 0 N–H and O–H groups in total. The molecule has 0 aliphatic carbocycles. The van der Waals surface area contributed by atoms with Crippen LogP contribution in [0.1, 0.15) is 40.0 Å². The van der Waals surface area contributed by atoms with E-state index in [0.29, 0.717) is 36.7 Å². The smallest absolute Gasteiger partial charge is 0.253 e. The molecule has 152 valence electrons. The largest absolute Gasteiger partial charge is 0.457 e. The van der Waals surface area contributed by atoms with Crippen molar-refractivity contribution in [2.24, 2.45) is 5.92 Å². The first kappa shape index (κ1) is 19.9. The molecule has 0 spiro atoms. The van der Waals surface area contributed by atoms with Crippen molar-refractivity contribution < 1.29 is 14.3 Å². The van der Waals surface area contributed by atoms with E-state index in [9.17, 15) is 9.59 Å². The molecule has 1 aliphatic rings. The summed E-state index contributed by atoms with van der Waals surface area (Å²) in [4.78, 5) is 27.2. The summed E-state index contributed by atoms with van der Waals surface area (Å²) in [5, 5.41) is 0. The van der Waals surface area contributed by atoms with Crippen LogP contribution in [-0.4, -0.2) is 29.7 Å². The highest BCUT2D eigenvalue weighted by molar-refractivity contribution is 5.96. The van der Waals surface area contributed by atoms with Crippen LogP contribution in [0.3, 0.4) is 0 Å². The van der Waals surface area contributed by atoms with E-state index in [1.807, 2.05) is 89.8 Å². The Bertz CT molecular complexity index is 976. The molecule has 0 bridgehead atoms. The van der Waals surface area contributed by atoms with Crippen LogP contribution in [0.25, 0.3) is 0 Å². The molecule has 3 aromatic rings. The first-order chi connectivity index (χ1) is 14.7. The zero-order chi connectivity index (χ0) is 20.8. The Labute approximate surface area is 177 Å². The first-order valence-corrected chi connectivity index (χ1v) is 10.4. The summed E-state index contributed by atoms with van der Waals surface area (Å²) in [5.41, 5.74) is 1.43. The van der Waals surface area contributed by atoms with Crippen molar-refractivity contribution in [3.8, 4) is 11.5 Å². The van der Waals surface area contributed by atoms with Crippen molar-refractivity contribution in [3.63, 3.8) is 0 Å². The second kappa shape index (κ2) is 9.40. The van der Waals surface area contributed by atoms with Gasteiger partial charge in [-0.15, -0.1) is 0 Å². The molecule has 1 fully saturated rings. The molecular weight excluding hydrogens is 374 g/mol. The topological polar surface area (TPSA) is 46.6 Å². The summed E-state index contributed by atoms with van der Waals surface area (Å²) >= 11 is 0. The summed E-state index contributed by atoms with van der Waals surface area (Å²) in [5.74, 6) is 2.03. The van der Waals surface area contributed by atoms with E-state index >= 15 is 0 Å². The number of ketones is 1. The molecular formula is C26H25NO3. The Morgan fingerprint density at radius 3 is 1.93 bits per heavy atom. The molecule has 4 nitrogen and oxygen atoms in total. The highest BCUT2D eigenvalue weighted by Crippen LogP contribution is 2.25. The Hall–Kier alpha value is -3.40. The fourth-order valence-electron chi connectivity index (χ4n) is 3.82. The van der Waals surface area contributed by atoms with E-state index in [4.69, 9.17) is 4.74 Å². The molecule has 30 heavy (non-hydrogen) atoms. The normalized spacial score (nSPS) is 14.3. The average molecular weight is 399 g/mol. The van der Waals surface area contributed by atoms with Crippen LogP contribution >= 0.6 is 0 Å². The van der Waals surface area contributed by atoms with Crippen LogP contribution in [0.2, 0.25) is 0 Å². The van der Waals surface area contributed by atoms with Gasteiger partial charge in [0.1, 0.15) is 11.5 Å². The lowest BCUT2D eigenvalue weighted by atomic mass is 9.89. The minimum atomic E-state index is 0.0781. The van der Waals surface area contributed by atoms with E-state index in [1.165, 1.54) is 0 Å². The standard InChI is InChI=1S/C26H25NO3/c28-25(21-11-13-24(14-12-21)30-23-9-5-2-6-10-23)19-20-15-17-27(18-16-20)26(29)22-7-3-1-4-8-22/h1-14,20H,15-19H2. The van der Waals surface area contributed by atoms with Gasteiger partial charge in [0.15, 0.2) is 5.78 Å². The number of hydrogen-bond donors (Lipinski definition) is 0. The maximum absolute atomic E-state index is 12.7. The quantitative estimate of drug-likeness (QED) is 0.507. The molecule has 0 radical (unpaired) electrons. The number of benzene rings is 3. The molecule has 0 aromatic heterocycles. The van der Waals surface area contributed by atoms with Crippen molar-refractivity contribution in [1.29, 1.82) is 0 Å². The van der Waals surface area contributed by atoms with E-state index < -0.39 is 0 Å². The summed E-state index contributed by atoms with van der Waals surface area (Å²) in [6.45, 7) is 1.41. The molecule has 1 saturated heterocycles. The lowest BCUT2D eigenvalue weighted by Crippen LogP contribution is -2.38. The number of piperidine rings is 1. The predicted octanol–water partition coefficient (Wildman–Crippen LogP) is 5.60. The maximum atomic E-state index is 12.7. The third-order valence-electron chi connectivity index (χ3n) is 5.55. The molecule has 4 heteroatoms. The van der Waals surface area contributed by atoms with Crippen LogP contribution in [-0.2, 0) is 0 Å². The summed E-state index contributed by atoms with van der Waals surface area (Å²) in [7, 11) is 0. The monoisotopic (exact) mass is 399 g/mol. The van der Waals surface area contributed by atoms with Gasteiger partial charge in [-0.25, -0.2) is 0 Å². The Kier molecular flexibility index (Phi) is 6.23. The lowest BCUT2D eigenvalue weighted by molar-refractivity contribution is 0.0681. The first-order valence-electron chi connectivity index (χ1n) is 10.4. The van der Waals surface area contributed by atoms with Crippen molar-refractivity contribution >= 4 is 11.7 Å². The zero-order valence-corrected chi connectivity index (χ0v) is 16.9. The molecule has 0 atom stereocenters. The number of carbonyl (C=O) groups excluding carboxylic acids is 2. The lowest BCUT2D eigenvalue weighted by Gasteiger charge is -2.31.